The Morgan fingerprint density at radius 3 is 1.81 bits per heavy atom. The van der Waals surface area contributed by atoms with Gasteiger partial charge in [-0.1, -0.05) is 77.3 Å². The van der Waals surface area contributed by atoms with Gasteiger partial charge in [0, 0.05) is 5.56 Å². The number of rotatable bonds is 6. The predicted molar refractivity (Wildman–Crippen MR) is 98.1 cm³/mol. The SMILES string of the molecule is O=C(COC(=O)c1ccccc1C(=O)OCC(Cl)(Cl)Cl)c1ccccc1. The van der Waals surface area contributed by atoms with Gasteiger partial charge in [-0.2, -0.15) is 0 Å². The molecule has 0 aliphatic carbocycles. The fourth-order valence-corrected chi connectivity index (χ4v) is 2.14. The van der Waals surface area contributed by atoms with E-state index in [1.54, 1.807) is 36.4 Å². The number of ketones is 1. The monoisotopic (exact) mass is 414 g/mol. The molecule has 0 bridgehead atoms. The minimum absolute atomic E-state index is 0.0531. The molecule has 0 aliphatic rings. The summed E-state index contributed by atoms with van der Waals surface area (Å²) in [5.74, 6) is -2.05. The van der Waals surface area contributed by atoms with Crippen molar-refractivity contribution in [1.82, 2.24) is 0 Å². The molecular weight excluding hydrogens is 403 g/mol. The van der Waals surface area contributed by atoms with Gasteiger partial charge < -0.3 is 9.47 Å². The Morgan fingerprint density at radius 2 is 1.27 bits per heavy atom. The first kappa shape index (κ1) is 20.2. The van der Waals surface area contributed by atoms with Crippen molar-refractivity contribution < 1.29 is 23.9 Å². The van der Waals surface area contributed by atoms with Gasteiger partial charge in [0.15, 0.2) is 12.4 Å². The molecule has 0 aromatic heterocycles. The van der Waals surface area contributed by atoms with E-state index in [0.29, 0.717) is 5.56 Å². The molecule has 2 rings (SSSR count). The molecule has 5 nitrogen and oxygen atoms in total. The maximum absolute atomic E-state index is 12.2. The first-order valence-electron chi connectivity index (χ1n) is 7.36. The van der Waals surface area contributed by atoms with Crippen LogP contribution in [0.2, 0.25) is 0 Å². The van der Waals surface area contributed by atoms with Crippen molar-refractivity contribution in [2.75, 3.05) is 13.2 Å². The molecule has 0 N–H and O–H groups in total. The van der Waals surface area contributed by atoms with Crippen LogP contribution in [-0.4, -0.2) is 34.7 Å². The fraction of sp³-hybridized carbons (Fsp3) is 0.167. The first-order chi connectivity index (χ1) is 12.3. The lowest BCUT2D eigenvalue weighted by molar-refractivity contribution is 0.0449. The molecule has 2 aromatic carbocycles. The van der Waals surface area contributed by atoms with Gasteiger partial charge >= 0.3 is 11.9 Å². The van der Waals surface area contributed by atoms with Crippen molar-refractivity contribution in [3.05, 3.63) is 71.3 Å². The summed E-state index contributed by atoms with van der Waals surface area (Å²) in [5, 5.41) is 0. The average molecular weight is 416 g/mol. The first-order valence-corrected chi connectivity index (χ1v) is 8.49. The third kappa shape index (κ3) is 6.02. The molecule has 8 heteroatoms. The Morgan fingerprint density at radius 1 is 0.769 bits per heavy atom. The lowest BCUT2D eigenvalue weighted by Gasteiger charge is -2.13. The number of carbonyl (C=O) groups excluding carboxylic acids is 3. The van der Waals surface area contributed by atoms with Crippen LogP contribution in [0.3, 0.4) is 0 Å². The number of hydrogen-bond donors (Lipinski definition) is 0. The standard InChI is InChI=1S/C18H13Cl3O5/c19-18(20,21)11-26-17(24)14-9-5-4-8-13(14)16(23)25-10-15(22)12-6-2-1-3-7-12/h1-9H,10-11H2. The Balaban J connectivity index is 2.05. The van der Waals surface area contributed by atoms with E-state index in [1.807, 2.05) is 0 Å². The second-order valence-electron chi connectivity index (χ2n) is 5.10. The van der Waals surface area contributed by atoms with Crippen LogP contribution >= 0.6 is 34.8 Å². The van der Waals surface area contributed by atoms with Gasteiger partial charge in [-0.05, 0) is 12.1 Å². The van der Waals surface area contributed by atoms with Gasteiger partial charge in [0.25, 0.3) is 0 Å². The highest BCUT2D eigenvalue weighted by Crippen LogP contribution is 2.26. The summed E-state index contributed by atoms with van der Waals surface area (Å²) in [5.41, 5.74) is 0.303. The van der Waals surface area contributed by atoms with E-state index >= 15 is 0 Å². The molecule has 0 saturated heterocycles. The second-order valence-corrected chi connectivity index (χ2v) is 7.62. The van der Waals surface area contributed by atoms with E-state index in [-0.39, 0.29) is 16.9 Å². The van der Waals surface area contributed by atoms with E-state index in [1.165, 1.54) is 18.2 Å². The topological polar surface area (TPSA) is 69.7 Å². The number of ether oxygens (including phenoxy) is 2. The molecule has 0 radical (unpaired) electrons. The summed E-state index contributed by atoms with van der Waals surface area (Å²) >= 11 is 16.6. The lowest BCUT2D eigenvalue weighted by atomic mass is 10.1. The molecule has 0 amide bonds. The maximum atomic E-state index is 12.2. The van der Waals surface area contributed by atoms with Crippen LogP contribution in [0.4, 0.5) is 0 Å². The quantitative estimate of drug-likeness (QED) is 0.401. The van der Waals surface area contributed by atoms with Crippen molar-refractivity contribution in [1.29, 1.82) is 0 Å². The molecule has 136 valence electrons. The van der Waals surface area contributed by atoms with Crippen molar-refractivity contribution in [3.63, 3.8) is 0 Å². The molecule has 0 spiro atoms. The Bertz CT molecular complexity index is 800. The van der Waals surface area contributed by atoms with E-state index in [0.717, 1.165) is 0 Å². The van der Waals surface area contributed by atoms with E-state index in [4.69, 9.17) is 44.3 Å². The minimum atomic E-state index is -1.77. The summed E-state index contributed by atoms with van der Waals surface area (Å²) < 4.78 is 8.10. The zero-order chi connectivity index (χ0) is 19.2. The number of esters is 2. The van der Waals surface area contributed by atoms with Crippen LogP contribution in [0.15, 0.2) is 54.6 Å². The van der Waals surface area contributed by atoms with Crippen molar-refractivity contribution in [2.45, 2.75) is 3.79 Å². The largest absolute Gasteiger partial charge is 0.458 e. The number of benzene rings is 2. The van der Waals surface area contributed by atoms with Crippen molar-refractivity contribution in [2.24, 2.45) is 0 Å². The number of alkyl halides is 3. The van der Waals surface area contributed by atoms with Gasteiger partial charge in [-0.15, -0.1) is 0 Å². The Labute approximate surface area is 164 Å². The molecule has 26 heavy (non-hydrogen) atoms. The van der Waals surface area contributed by atoms with Crippen LogP contribution in [0.25, 0.3) is 0 Å². The smallest absolute Gasteiger partial charge is 0.339 e. The molecule has 0 unspecified atom stereocenters. The van der Waals surface area contributed by atoms with Crippen LogP contribution in [0.1, 0.15) is 31.1 Å². The van der Waals surface area contributed by atoms with Crippen LogP contribution < -0.4 is 0 Å². The van der Waals surface area contributed by atoms with Gasteiger partial charge in [0.2, 0.25) is 3.79 Å². The number of hydrogen-bond acceptors (Lipinski definition) is 5. The summed E-state index contributed by atoms with van der Waals surface area (Å²) in [6, 6.07) is 14.2. The van der Waals surface area contributed by atoms with Gasteiger partial charge in [0.05, 0.1) is 11.1 Å². The number of Topliss-reactive ketones (excluding diaryl/α,β-unsaturated/α-hetero) is 1. The van der Waals surface area contributed by atoms with Crippen molar-refractivity contribution in [3.8, 4) is 0 Å². The predicted octanol–water partition coefficient (Wildman–Crippen LogP) is 4.25. The molecule has 0 heterocycles. The Kier molecular flexibility index (Phi) is 7.03. The normalized spacial score (nSPS) is 10.9. The van der Waals surface area contributed by atoms with Gasteiger partial charge in [-0.3, -0.25) is 4.79 Å². The molecular formula is C18H13Cl3O5. The summed E-state index contributed by atoms with van der Waals surface area (Å²) in [7, 11) is 0. The zero-order valence-electron chi connectivity index (χ0n) is 13.3. The summed E-state index contributed by atoms with van der Waals surface area (Å²) in [6.07, 6.45) is 0. The highest BCUT2D eigenvalue weighted by atomic mass is 35.6. The molecule has 0 fully saturated rings. The highest BCUT2D eigenvalue weighted by Gasteiger charge is 2.25. The molecule has 0 aliphatic heterocycles. The molecule has 0 atom stereocenters. The molecule has 0 saturated carbocycles. The number of halogens is 3. The van der Waals surface area contributed by atoms with E-state index in [9.17, 15) is 14.4 Å². The average Bonchev–Trinajstić information content (AvgIpc) is 2.64. The van der Waals surface area contributed by atoms with Crippen molar-refractivity contribution >= 4 is 52.5 Å². The summed E-state index contributed by atoms with van der Waals surface area (Å²) in [4.78, 5) is 36.3. The van der Waals surface area contributed by atoms with Gasteiger partial charge in [0.1, 0.15) is 6.61 Å². The van der Waals surface area contributed by atoms with E-state index in [2.05, 4.69) is 0 Å². The highest BCUT2D eigenvalue weighted by molar-refractivity contribution is 6.67. The third-order valence-electron chi connectivity index (χ3n) is 3.16. The lowest BCUT2D eigenvalue weighted by Crippen LogP contribution is -2.20. The fourth-order valence-electron chi connectivity index (χ4n) is 1.98. The number of carbonyl (C=O) groups is 3. The second kappa shape index (κ2) is 9.03. The third-order valence-corrected chi connectivity index (χ3v) is 3.49. The Hall–Kier alpha value is -2.08. The minimum Gasteiger partial charge on any atom is -0.458 e. The van der Waals surface area contributed by atoms with Crippen LogP contribution in [0, 0.1) is 0 Å². The van der Waals surface area contributed by atoms with Crippen LogP contribution in [0.5, 0.6) is 0 Å². The van der Waals surface area contributed by atoms with E-state index < -0.39 is 28.9 Å². The van der Waals surface area contributed by atoms with Crippen LogP contribution in [-0.2, 0) is 9.47 Å². The maximum Gasteiger partial charge on any atom is 0.339 e. The molecule has 2 aromatic rings. The summed E-state index contributed by atoms with van der Waals surface area (Å²) in [6.45, 7) is -0.938. The zero-order valence-corrected chi connectivity index (χ0v) is 15.6. The van der Waals surface area contributed by atoms with Gasteiger partial charge in [-0.25, -0.2) is 9.59 Å².